The predicted octanol–water partition coefficient (Wildman–Crippen LogP) is 1.22. The fourth-order valence-corrected chi connectivity index (χ4v) is 2.85. The smallest absolute Gasteiger partial charge is 0.409 e. The van der Waals surface area contributed by atoms with Crippen LogP contribution in [0.1, 0.15) is 39.7 Å². The zero-order valence-corrected chi connectivity index (χ0v) is 13.6. The van der Waals surface area contributed by atoms with E-state index in [2.05, 4.69) is 13.8 Å². The summed E-state index contributed by atoms with van der Waals surface area (Å²) >= 11 is 0. The SMILES string of the molecule is CC[NH+](CC)CCC[C@@H](C)n1c(=O)oc2ccccc2c1=O. The van der Waals surface area contributed by atoms with E-state index in [0.29, 0.717) is 11.0 Å². The van der Waals surface area contributed by atoms with Crippen LogP contribution in [0, 0.1) is 0 Å². The number of hydrogen-bond donors (Lipinski definition) is 1. The minimum absolute atomic E-state index is 0.150. The summed E-state index contributed by atoms with van der Waals surface area (Å²) in [6.45, 7) is 9.51. The highest BCUT2D eigenvalue weighted by atomic mass is 16.4. The molecule has 0 aliphatic carbocycles. The molecule has 5 heteroatoms. The van der Waals surface area contributed by atoms with Crippen LogP contribution in [-0.4, -0.2) is 24.2 Å². The summed E-state index contributed by atoms with van der Waals surface area (Å²) in [6.07, 6.45) is 1.78. The maximum atomic E-state index is 12.5. The Morgan fingerprint density at radius 2 is 1.86 bits per heavy atom. The molecule has 1 aromatic heterocycles. The van der Waals surface area contributed by atoms with Crippen LogP contribution in [-0.2, 0) is 0 Å². The fourth-order valence-electron chi connectivity index (χ4n) is 2.85. The molecular formula is C17H25N2O3+. The van der Waals surface area contributed by atoms with Crippen molar-refractivity contribution in [3.05, 3.63) is 45.2 Å². The van der Waals surface area contributed by atoms with Crippen LogP contribution in [0.5, 0.6) is 0 Å². The number of aromatic nitrogens is 1. The van der Waals surface area contributed by atoms with E-state index in [4.69, 9.17) is 4.42 Å². The number of hydrogen-bond acceptors (Lipinski definition) is 3. The predicted molar refractivity (Wildman–Crippen MR) is 87.6 cm³/mol. The van der Waals surface area contributed by atoms with Crippen LogP contribution < -0.4 is 16.2 Å². The number of fused-ring (bicyclic) bond motifs is 1. The molecule has 0 aliphatic rings. The van der Waals surface area contributed by atoms with Gasteiger partial charge in [-0.1, -0.05) is 12.1 Å². The van der Waals surface area contributed by atoms with E-state index < -0.39 is 5.76 Å². The normalized spacial score (nSPS) is 12.9. The van der Waals surface area contributed by atoms with Gasteiger partial charge in [-0.25, -0.2) is 9.36 Å². The van der Waals surface area contributed by atoms with E-state index in [-0.39, 0.29) is 11.6 Å². The van der Waals surface area contributed by atoms with E-state index in [1.807, 2.05) is 6.92 Å². The molecule has 2 rings (SSSR count). The van der Waals surface area contributed by atoms with Crippen LogP contribution in [0.2, 0.25) is 0 Å². The second kappa shape index (κ2) is 7.40. The molecule has 0 radical (unpaired) electrons. The van der Waals surface area contributed by atoms with Crippen molar-refractivity contribution in [2.45, 2.75) is 39.7 Å². The number of rotatable bonds is 7. The minimum Gasteiger partial charge on any atom is -0.409 e. The lowest BCUT2D eigenvalue weighted by atomic mass is 10.1. The van der Waals surface area contributed by atoms with Gasteiger partial charge in [0.25, 0.3) is 5.56 Å². The topological polar surface area (TPSA) is 56.6 Å². The summed E-state index contributed by atoms with van der Waals surface area (Å²) in [5.41, 5.74) is 0.100. The van der Waals surface area contributed by atoms with Crippen LogP contribution in [0.4, 0.5) is 0 Å². The van der Waals surface area contributed by atoms with E-state index in [9.17, 15) is 9.59 Å². The summed E-state index contributed by atoms with van der Waals surface area (Å²) in [5, 5.41) is 0.461. The summed E-state index contributed by atoms with van der Waals surface area (Å²) in [5.74, 6) is -0.564. The van der Waals surface area contributed by atoms with Crippen LogP contribution >= 0.6 is 0 Å². The van der Waals surface area contributed by atoms with Gasteiger partial charge in [0.15, 0.2) is 0 Å². The molecule has 0 bridgehead atoms. The molecule has 1 heterocycles. The quantitative estimate of drug-likeness (QED) is 0.837. The summed E-state index contributed by atoms with van der Waals surface area (Å²) in [4.78, 5) is 26.1. The first-order valence-corrected chi connectivity index (χ1v) is 8.06. The van der Waals surface area contributed by atoms with Gasteiger partial charge in [0.05, 0.1) is 25.0 Å². The van der Waals surface area contributed by atoms with Gasteiger partial charge in [-0.2, -0.15) is 0 Å². The van der Waals surface area contributed by atoms with Crippen LogP contribution in [0.15, 0.2) is 38.3 Å². The van der Waals surface area contributed by atoms with Gasteiger partial charge >= 0.3 is 5.76 Å². The third-order valence-electron chi connectivity index (χ3n) is 4.32. The van der Waals surface area contributed by atoms with Crippen molar-refractivity contribution in [2.24, 2.45) is 0 Å². The van der Waals surface area contributed by atoms with Crippen molar-refractivity contribution >= 4 is 11.0 Å². The zero-order chi connectivity index (χ0) is 16.1. The number of nitrogens with zero attached hydrogens (tertiary/aromatic N) is 1. The Morgan fingerprint density at radius 3 is 2.55 bits per heavy atom. The lowest BCUT2D eigenvalue weighted by Crippen LogP contribution is -3.11. The van der Waals surface area contributed by atoms with Crippen molar-refractivity contribution in [2.75, 3.05) is 19.6 Å². The Bertz CT molecular complexity index is 728. The highest BCUT2D eigenvalue weighted by Crippen LogP contribution is 2.11. The Hall–Kier alpha value is -1.88. The first-order chi connectivity index (χ1) is 10.6. The van der Waals surface area contributed by atoms with E-state index in [1.165, 1.54) is 9.47 Å². The maximum Gasteiger partial charge on any atom is 0.422 e. The molecule has 0 saturated heterocycles. The van der Waals surface area contributed by atoms with Gasteiger partial charge in [0.2, 0.25) is 0 Å². The molecule has 0 saturated carbocycles. The average Bonchev–Trinajstić information content (AvgIpc) is 2.51. The molecule has 1 N–H and O–H groups in total. The minimum atomic E-state index is -0.564. The number of quaternary nitrogens is 1. The second-order valence-electron chi connectivity index (χ2n) is 5.74. The van der Waals surface area contributed by atoms with Gasteiger partial charge in [0, 0.05) is 6.04 Å². The average molecular weight is 305 g/mol. The van der Waals surface area contributed by atoms with Gasteiger partial charge in [-0.3, -0.25) is 4.79 Å². The van der Waals surface area contributed by atoms with Crippen molar-refractivity contribution in [1.82, 2.24) is 4.57 Å². The molecule has 120 valence electrons. The molecule has 0 fully saturated rings. The number of para-hydroxylation sites is 1. The van der Waals surface area contributed by atoms with E-state index in [1.54, 1.807) is 24.3 Å². The monoisotopic (exact) mass is 305 g/mol. The van der Waals surface area contributed by atoms with Crippen molar-refractivity contribution < 1.29 is 9.32 Å². The Balaban J connectivity index is 2.20. The summed E-state index contributed by atoms with van der Waals surface area (Å²) in [6, 6.07) is 6.73. The lowest BCUT2D eigenvalue weighted by Gasteiger charge is -2.17. The second-order valence-corrected chi connectivity index (χ2v) is 5.74. The van der Waals surface area contributed by atoms with Crippen molar-refractivity contribution in [3.63, 3.8) is 0 Å². The van der Waals surface area contributed by atoms with E-state index >= 15 is 0 Å². The van der Waals surface area contributed by atoms with Crippen LogP contribution in [0.3, 0.4) is 0 Å². The van der Waals surface area contributed by atoms with Crippen molar-refractivity contribution in [3.8, 4) is 0 Å². The van der Waals surface area contributed by atoms with Gasteiger partial charge in [-0.05, 0) is 45.7 Å². The van der Waals surface area contributed by atoms with Gasteiger partial charge in [0.1, 0.15) is 5.58 Å². The Kier molecular flexibility index (Phi) is 5.55. The van der Waals surface area contributed by atoms with Crippen LogP contribution in [0.25, 0.3) is 11.0 Å². The molecule has 0 aliphatic heterocycles. The molecule has 1 aromatic carbocycles. The molecular weight excluding hydrogens is 280 g/mol. The number of benzene rings is 1. The molecule has 22 heavy (non-hydrogen) atoms. The molecule has 0 spiro atoms. The fraction of sp³-hybridized carbons (Fsp3) is 0.529. The molecule has 1 atom stereocenters. The molecule has 0 amide bonds. The Morgan fingerprint density at radius 1 is 1.18 bits per heavy atom. The summed E-state index contributed by atoms with van der Waals surface area (Å²) < 4.78 is 6.52. The molecule has 0 unspecified atom stereocenters. The maximum absolute atomic E-state index is 12.5. The molecule has 2 aromatic rings. The van der Waals surface area contributed by atoms with Gasteiger partial charge in [-0.15, -0.1) is 0 Å². The highest BCUT2D eigenvalue weighted by Gasteiger charge is 2.15. The Labute approximate surface area is 130 Å². The molecule has 5 nitrogen and oxygen atoms in total. The standard InChI is InChI=1S/C17H24N2O3/c1-4-18(5-2)12-8-9-13(3)19-16(20)14-10-6-7-11-15(14)22-17(19)21/h6-7,10-11,13H,4-5,8-9,12H2,1-3H3/p+1/t13-/m1/s1. The lowest BCUT2D eigenvalue weighted by molar-refractivity contribution is -0.896. The zero-order valence-electron chi connectivity index (χ0n) is 13.6. The number of nitrogens with one attached hydrogen (secondary N) is 1. The van der Waals surface area contributed by atoms with E-state index in [0.717, 1.165) is 32.5 Å². The largest absolute Gasteiger partial charge is 0.422 e. The highest BCUT2D eigenvalue weighted by molar-refractivity contribution is 5.74. The first-order valence-electron chi connectivity index (χ1n) is 8.06. The third kappa shape index (κ3) is 3.47. The summed E-state index contributed by atoms with van der Waals surface area (Å²) in [7, 11) is 0. The van der Waals surface area contributed by atoms with Gasteiger partial charge < -0.3 is 9.32 Å². The van der Waals surface area contributed by atoms with Crippen molar-refractivity contribution in [1.29, 1.82) is 0 Å². The first kappa shape index (κ1) is 16.5. The third-order valence-corrected chi connectivity index (χ3v) is 4.32.